The molecule has 0 aliphatic carbocycles. The van der Waals surface area contributed by atoms with Gasteiger partial charge in [0.15, 0.2) is 0 Å². The molecule has 2 aromatic carbocycles. The molecule has 1 heterocycles. The van der Waals surface area contributed by atoms with Crippen LogP contribution in [0.3, 0.4) is 0 Å². The zero-order chi connectivity index (χ0) is 14.5. The minimum Gasteiger partial charge on any atom is -0.496 e. The first-order chi connectivity index (χ1) is 10.4. The lowest BCUT2D eigenvalue weighted by atomic mass is 9.99. The molecule has 3 nitrogen and oxygen atoms in total. The molecule has 3 rings (SSSR count). The number of benzene rings is 2. The van der Waals surface area contributed by atoms with Crippen molar-refractivity contribution >= 4 is 0 Å². The van der Waals surface area contributed by atoms with Crippen LogP contribution < -0.4 is 10.1 Å². The number of hydrogen-bond acceptors (Lipinski definition) is 3. The highest BCUT2D eigenvalue weighted by molar-refractivity contribution is 5.34. The van der Waals surface area contributed by atoms with Gasteiger partial charge in [0.2, 0.25) is 0 Å². The fourth-order valence-corrected chi connectivity index (χ4v) is 2.84. The van der Waals surface area contributed by atoms with E-state index in [1.807, 2.05) is 12.1 Å². The monoisotopic (exact) mass is 283 g/mol. The minimum atomic E-state index is 0.282. The van der Waals surface area contributed by atoms with Gasteiger partial charge in [-0.05, 0) is 35.7 Å². The number of ether oxygens (including phenoxy) is 2. The Hall–Kier alpha value is -1.84. The molecule has 0 saturated heterocycles. The van der Waals surface area contributed by atoms with Gasteiger partial charge in [-0.25, -0.2) is 0 Å². The summed E-state index contributed by atoms with van der Waals surface area (Å²) in [4.78, 5) is 0. The van der Waals surface area contributed by atoms with E-state index in [1.165, 1.54) is 16.7 Å². The van der Waals surface area contributed by atoms with Gasteiger partial charge in [-0.2, -0.15) is 0 Å². The van der Waals surface area contributed by atoms with Crippen LogP contribution in [-0.2, 0) is 17.8 Å². The van der Waals surface area contributed by atoms with E-state index in [-0.39, 0.29) is 6.04 Å². The molecule has 0 spiro atoms. The summed E-state index contributed by atoms with van der Waals surface area (Å²) in [6.45, 7) is 2.37. The van der Waals surface area contributed by atoms with Crippen molar-refractivity contribution in [3.05, 3.63) is 65.2 Å². The van der Waals surface area contributed by atoms with Crippen LogP contribution in [-0.4, -0.2) is 20.3 Å². The normalized spacial score (nSPS) is 17.3. The first-order valence-electron chi connectivity index (χ1n) is 7.39. The van der Waals surface area contributed by atoms with Gasteiger partial charge in [0, 0.05) is 0 Å². The number of nitrogens with one attached hydrogen (secondary N) is 1. The van der Waals surface area contributed by atoms with Gasteiger partial charge in [0.25, 0.3) is 0 Å². The maximum absolute atomic E-state index is 5.67. The second-order valence-electron chi connectivity index (χ2n) is 5.28. The van der Waals surface area contributed by atoms with E-state index in [1.54, 1.807) is 7.11 Å². The first-order valence-corrected chi connectivity index (χ1v) is 7.39. The van der Waals surface area contributed by atoms with E-state index in [4.69, 9.17) is 9.47 Å². The summed E-state index contributed by atoms with van der Waals surface area (Å²) >= 11 is 0. The molecule has 0 bridgehead atoms. The molecule has 1 aliphatic rings. The molecule has 3 heteroatoms. The van der Waals surface area contributed by atoms with Crippen molar-refractivity contribution in [3.8, 4) is 5.75 Å². The number of methoxy groups -OCH3 is 1. The van der Waals surface area contributed by atoms with E-state index in [0.29, 0.717) is 0 Å². The third kappa shape index (κ3) is 3.26. The van der Waals surface area contributed by atoms with E-state index in [2.05, 4.69) is 41.7 Å². The van der Waals surface area contributed by atoms with Gasteiger partial charge < -0.3 is 14.8 Å². The summed E-state index contributed by atoms with van der Waals surface area (Å²) in [6, 6.07) is 17.0. The van der Waals surface area contributed by atoms with Crippen LogP contribution >= 0.6 is 0 Å². The standard InChI is InChI=1S/C18H21NO2/c1-20-18-9-5-3-6-14(18)10-11-19-17-13-21-12-15-7-2-4-8-16(15)17/h2-9,17,19H,10-13H2,1H3. The number of fused-ring (bicyclic) bond motifs is 1. The molecule has 1 aliphatic heterocycles. The van der Waals surface area contributed by atoms with Crippen molar-refractivity contribution in [3.63, 3.8) is 0 Å². The van der Waals surface area contributed by atoms with E-state index < -0.39 is 0 Å². The van der Waals surface area contributed by atoms with Gasteiger partial charge in [-0.1, -0.05) is 42.5 Å². The van der Waals surface area contributed by atoms with Crippen molar-refractivity contribution in [1.82, 2.24) is 5.32 Å². The summed E-state index contributed by atoms with van der Waals surface area (Å²) in [5.41, 5.74) is 3.89. The molecule has 0 amide bonds. The minimum absolute atomic E-state index is 0.282. The van der Waals surface area contributed by atoms with Gasteiger partial charge in [-0.15, -0.1) is 0 Å². The molecule has 21 heavy (non-hydrogen) atoms. The van der Waals surface area contributed by atoms with Crippen molar-refractivity contribution in [1.29, 1.82) is 0 Å². The van der Waals surface area contributed by atoms with Crippen molar-refractivity contribution in [2.75, 3.05) is 20.3 Å². The number of hydrogen-bond donors (Lipinski definition) is 1. The van der Waals surface area contributed by atoms with Gasteiger partial charge in [-0.3, -0.25) is 0 Å². The van der Waals surface area contributed by atoms with Crippen molar-refractivity contribution < 1.29 is 9.47 Å². The van der Waals surface area contributed by atoms with Crippen molar-refractivity contribution in [2.45, 2.75) is 19.1 Å². The zero-order valence-electron chi connectivity index (χ0n) is 12.3. The SMILES string of the molecule is COc1ccccc1CCNC1COCc2ccccc21. The summed E-state index contributed by atoms with van der Waals surface area (Å²) in [7, 11) is 1.72. The lowest BCUT2D eigenvalue weighted by Gasteiger charge is -2.26. The summed E-state index contributed by atoms with van der Waals surface area (Å²) in [6.07, 6.45) is 0.947. The smallest absolute Gasteiger partial charge is 0.122 e. The second kappa shape index (κ2) is 6.74. The largest absolute Gasteiger partial charge is 0.496 e. The van der Waals surface area contributed by atoms with Crippen LogP contribution in [0.25, 0.3) is 0 Å². The number of para-hydroxylation sites is 1. The lowest BCUT2D eigenvalue weighted by molar-refractivity contribution is 0.0823. The van der Waals surface area contributed by atoms with Crippen LogP contribution in [0.2, 0.25) is 0 Å². The van der Waals surface area contributed by atoms with E-state index in [0.717, 1.165) is 31.9 Å². The third-order valence-corrected chi connectivity index (χ3v) is 3.95. The Kier molecular flexibility index (Phi) is 4.53. The van der Waals surface area contributed by atoms with Crippen molar-refractivity contribution in [2.24, 2.45) is 0 Å². The zero-order valence-corrected chi connectivity index (χ0v) is 12.3. The van der Waals surface area contributed by atoms with Gasteiger partial charge in [0.05, 0.1) is 26.4 Å². The Morgan fingerprint density at radius 3 is 2.86 bits per heavy atom. The Morgan fingerprint density at radius 1 is 1.14 bits per heavy atom. The topological polar surface area (TPSA) is 30.5 Å². The van der Waals surface area contributed by atoms with Crippen LogP contribution in [0.4, 0.5) is 0 Å². The van der Waals surface area contributed by atoms with Crippen LogP contribution in [0, 0.1) is 0 Å². The molecular formula is C18H21NO2. The third-order valence-electron chi connectivity index (χ3n) is 3.95. The maximum atomic E-state index is 5.67. The average Bonchev–Trinajstić information content (AvgIpc) is 2.55. The predicted molar refractivity (Wildman–Crippen MR) is 83.5 cm³/mol. The Labute approximate surface area is 125 Å². The average molecular weight is 283 g/mol. The summed E-state index contributed by atoms with van der Waals surface area (Å²) in [5.74, 6) is 0.958. The molecule has 1 N–H and O–H groups in total. The molecule has 2 aromatic rings. The lowest BCUT2D eigenvalue weighted by Crippen LogP contribution is -2.31. The summed E-state index contributed by atoms with van der Waals surface area (Å²) in [5, 5.41) is 3.60. The van der Waals surface area contributed by atoms with Crippen LogP contribution in [0.5, 0.6) is 5.75 Å². The maximum Gasteiger partial charge on any atom is 0.122 e. The highest BCUT2D eigenvalue weighted by Gasteiger charge is 2.19. The predicted octanol–water partition coefficient (Wildman–Crippen LogP) is 3.10. The van der Waals surface area contributed by atoms with Crippen LogP contribution in [0.1, 0.15) is 22.7 Å². The molecule has 0 saturated carbocycles. The summed E-state index contributed by atoms with van der Waals surface area (Å²) < 4.78 is 11.1. The van der Waals surface area contributed by atoms with Crippen LogP contribution in [0.15, 0.2) is 48.5 Å². The Balaban J connectivity index is 1.61. The molecule has 1 unspecified atom stereocenters. The van der Waals surface area contributed by atoms with Gasteiger partial charge in [0.1, 0.15) is 5.75 Å². The fraction of sp³-hybridized carbons (Fsp3) is 0.333. The quantitative estimate of drug-likeness (QED) is 0.914. The molecule has 0 aromatic heterocycles. The Morgan fingerprint density at radius 2 is 1.95 bits per heavy atom. The fourth-order valence-electron chi connectivity index (χ4n) is 2.84. The molecule has 1 atom stereocenters. The first kappa shape index (κ1) is 14.1. The van der Waals surface area contributed by atoms with E-state index >= 15 is 0 Å². The number of rotatable bonds is 5. The van der Waals surface area contributed by atoms with Gasteiger partial charge >= 0.3 is 0 Å². The molecular weight excluding hydrogens is 262 g/mol. The molecule has 0 fully saturated rings. The Bertz CT molecular complexity index is 597. The molecule has 110 valence electrons. The molecule has 0 radical (unpaired) electrons. The highest BCUT2D eigenvalue weighted by Crippen LogP contribution is 2.24. The highest BCUT2D eigenvalue weighted by atomic mass is 16.5. The van der Waals surface area contributed by atoms with E-state index in [9.17, 15) is 0 Å². The second-order valence-corrected chi connectivity index (χ2v) is 5.28.